The molecular formula is C12H14N2O2S. The fourth-order valence-corrected chi connectivity index (χ4v) is 3.40. The predicted octanol–water partition coefficient (Wildman–Crippen LogP) is 1.65. The summed E-state index contributed by atoms with van der Waals surface area (Å²) in [6.45, 7) is 1.74. The van der Waals surface area contributed by atoms with Gasteiger partial charge in [-0.1, -0.05) is 6.07 Å². The number of nitriles is 1. The Morgan fingerprint density at radius 3 is 2.59 bits per heavy atom. The summed E-state index contributed by atoms with van der Waals surface area (Å²) in [5.74, 6) is 0. The molecule has 0 spiro atoms. The molecule has 0 unspecified atom stereocenters. The Morgan fingerprint density at radius 2 is 2.06 bits per heavy atom. The van der Waals surface area contributed by atoms with Crippen LogP contribution in [0, 0.1) is 18.3 Å². The van der Waals surface area contributed by atoms with Crippen LogP contribution in [0.25, 0.3) is 0 Å². The smallest absolute Gasteiger partial charge is 0.207 e. The van der Waals surface area contributed by atoms with Gasteiger partial charge in [-0.15, -0.1) is 0 Å². The number of hydrogen-bond acceptors (Lipinski definition) is 3. The molecule has 0 bridgehead atoms. The molecule has 1 aromatic carbocycles. The number of benzene rings is 1. The molecule has 1 aliphatic carbocycles. The minimum Gasteiger partial charge on any atom is -0.207 e. The van der Waals surface area contributed by atoms with Gasteiger partial charge in [0.1, 0.15) is 0 Å². The highest BCUT2D eigenvalue weighted by Gasteiger charge is 2.35. The van der Waals surface area contributed by atoms with Gasteiger partial charge >= 0.3 is 0 Å². The molecule has 0 heterocycles. The lowest BCUT2D eigenvalue weighted by Gasteiger charge is -2.17. The van der Waals surface area contributed by atoms with E-state index in [0.717, 1.165) is 12.8 Å². The molecule has 17 heavy (non-hydrogen) atoms. The van der Waals surface area contributed by atoms with Gasteiger partial charge < -0.3 is 0 Å². The highest BCUT2D eigenvalue weighted by Crippen LogP contribution is 2.31. The van der Waals surface area contributed by atoms with E-state index in [1.54, 1.807) is 26.1 Å². The molecule has 1 aliphatic rings. The van der Waals surface area contributed by atoms with Gasteiger partial charge in [-0.25, -0.2) is 8.42 Å². The molecule has 90 valence electrons. The number of aryl methyl sites for hydroxylation is 1. The number of hydrogen-bond donors (Lipinski definition) is 0. The minimum absolute atomic E-state index is 0.130. The highest BCUT2D eigenvalue weighted by atomic mass is 32.2. The molecular weight excluding hydrogens is 236 g/mol. The van der Waals surface area contributed by atoms with Crippen LogP contribution in [0.1, 0.15) is 24.0 Å². The Labute approximate surface area is 102 Å². The zero-order valence-electron chi connectivity index (χ0n) is 9.84. The SMILES string of the molecule is Cc1ccc(C#N)cc1S(=O)(=O)N(C)C1CC1. The van der Waals surface area contributed by atoms with E-state index in [0.29, 0.717) is 11.1 Å². The summed E-state index contributed by atoms with van der Waals surface area (Å²) in [4.78, 5) is 0.242. The van der Waals surface area contributed by atoms with Crippen LogP contribution in [0.15, 0.2) is 23.1 Å². The van der Waals surface area contributed by atoms with Gasteiger partial charge in [0.05, 0.1) is 16.5 Å². The van der Waals surface area contributed by atoms with Crippen molar-refractivity contribution in [2.45, 2.75) is 30.7 Å². The molecule has 1 saturated carbocycles. The van der Waals surface area contributed by atoms with Gasteiger partial charge in [0.2, 0.25) is 10.0 Å². The maximum absolute atomic E-state index is 12.3. The quantitative estimate of drug-likeness (QED) is 0.819. The fourth-order valence-electron chi connectivity index (χ4n) is 1.74. The Balaban J connectivity index is 2.48. The van der Waals surface area contributed by atoms with Gasteiger partial charge in [0.15, 0.2) is 0 Å². The molecule has 1 fully saturated rings. The molecule has 0 N–H and O–H groups in total. The van der Waals surface area contributed by atoms with E-state index in [1.165, 1.54) is 10.4 Å². The normalized spacial score (nSPS) is 15.9. The summed E-state index contributed by atoms with van der Waals surface area (Å²) in [6, 6.07) is 6.85. The number of rotatable bonds is 3. The van der Waals surface area contributed by atoms with E-state index < -0.39 is 10.0 Å². The van der Waals surface area contributed by atoms with Crippen LogP contribution in [0.3, 0.4) is 0 Å². The third-order valence-electron chi connectivity index (χ3n) is 3.04. The Bertz CT molecular complexity index is 583. The second-order valence-electron chi connectivity index (χ2n) is 4.34. The summed E-state index contributed by atoms with van der Waals surface area (Å²) < 4.78 is 26.1. The predicted molar refractivity (Wildman–Crippen MR) is 63.9 cm³/mol. The average molecular weight is 250 g/mol. The Hall–Kier alpha value is -1.38. The largest absolute Gasteiger partial charge is 0.243 e. The van der Waals surface area contributed by atoms with Crippen molar-refractivity contribution in [1.29, 1.82) is 5.26 Å². The molecule has 0 aliphatic heterocycles. The van der Waals surface area contributed by atoms with Crippen LogP contribution >= 0.6 is 0 Å². The van der Waals surface area contributed by atoms with Crippen LogP contribution < -0.4 is 0 Å². The third-order valence-corrected chi connectivity index (χ3v) is 5.09. The first-order valence-electron chi connectivity index (χ1n) is 5.45. The van der Waals surface area contributed by atoms with E-state index in [4.69, 9.17) is 5.26 Å². The van der Waals surface area contributed by atoms with Gasteiger partial charge in [0, 0.05) is 13.1 Å². The molecule has 2 rings (SSSR count). The molecule has 0 radical (unpaired) electrons. The molecule has 1 aromatic rings. The van der Waals surface area contributed by atoms with E-state index in [9.17, 15) is 8.42 Å². The lowest BCUT2D eigenvalue weighted by Crippen LogP contribution is -2.29. The second-order valence-corrected chi connectivity index (χ2v) is 6.31. The molecule has 4 nitrogen and oxygen atoms in total. The number of sulfonamides is 1. The van der Waals surface area contributed by atoms with Crippen molar-refractivity contribution >= 4 is 10.0 Å². The lowest BCUT2D eigenvalue weighted by molar-refractivity contribution is 0.464. The van der Waals surface area contributed by atoms with Gasteiger partial charge in [-0.2, -0.15) is 9.57 Å². The van der Waals surface area contributed by atoms with Crippen molar-refractivity contribution < 1.29 is 8.42 Å². The molecule has 5 heteroatoms. The number of nitrogens with zero attached hydrogens (tertiary/aromatic N) is 2. The molecule has 0 atom stereocenters. The van der Waals surface area contributed by atoms with E-state index in [2.05, 4.69) is 0 Å². The zero-order chi connectivity index (χ0) is 12.6. The van der Waals surface area contributed by atoms with E-state index >= 15 is 0 Å². The van der Waals surface area contributed by atoms with Crippen molar-refractivity contribution in [2.75, 3.05) is 7.05 Å². The van der Waals surface area contributed by atoms with Crippen LogP contribution in [-0.4, -0.2) is 25.8 Å². The van der Waals surface area contributed by atoms with Gasteiger partial charge in [0.25, 0.3) is 0 Å². The average Bonchev–Trinajstić information content (AvgIpc) is 3.12. The summed E-state index contributed by atoms with van der Waals surface area (Å²) in [5.41, 5.74) is 1.05. The summed E-state index contributed by atoms with van der Waals surface area (Å²) in [6.07, 6.45) is 1.85. The summed E-state index contributed by atoms with van der Waals surface area (Å²) in [7, 11) is -1.85. The van der Waals surface area contributed by atoms with Gasteiger partial charge in [-0.05, 0) is 37.5 Å². The minimum atomic E-state index is -3.46. The van der Waals surface area contributed by atoms with Crippen LogP contribution in [0.2, 0.25) is 0 Å². The Kier molecular flexibility index (Phi) is 2.94. The van der Waals surface area contributed by atoms with Crippen molar-refractivity contribution in [2.24, 2.45) is 0 Å². The summed E-state index contributed by atoms with van der Waals surface area (Å²) >= 11 is 0. The first kappa shape index (κ1) is 12.1. The molecule has 0 saturated heterocycles. The lowest BCUT2D eigenvalue weighted by atomic mass is 10.2. The standard InChI is InChI=1S/C12H14N2O2S/c1-9-3-4-10(8-13)7-12(9)17(15,16)14(2)11-5-6-11/h3-4,7,11H,5-6H2,1-2H3. The van der Waals surface area contributed by atoms with Crippen molar-refractivity contribution in [3.05, 3.63) is 29.3 Å². The van der Waals surface area contributed by atoms with Crippen LogP contribution in [-0.2, 0) is 10.0 Å². The maximum Gasteiger partial charge on any atom is 0.243 e. The zero-order valence-corrected chi connectivity index (χ0v) is 10.7. The van der Waals surface area contributed by atoms with E-state index in [-0.39, 0.29) is 10.9 Å². The monoisotopic (exact) mass is 250 g/mol. The van der Waals surface area contributed by atoms with Crippen molar-refractivity contribution in [1.82, 2.24) is 4.31 Å². The van der Waals surface area contributed by atoms with Gasteiger partial charge in [-0.3, -0.25) is 0 Å². The first-order chi connectivity index (χ1) is 7.96. The van der Waals surface area contributed by atoms with Crippen LogP contribution in [0.5, 0.6) is 0 Å². The van der Waals surface area contributed by atoms with E-state index in [1.807, 2.05) is 6.07 Å². The maximum atomic E-state index is 12.3. The first-order valence-corrected chi connectivity index (χ1v) is 6.89. The summed E-state index contributed by atoms with van der Waals surface area (Å²) in [5, 5.41) is 8.82. The van der Waals surface area contributed by atoms with Crippen molar-refractivity contribution in [3.8, 4) is 6.07 Å². The Morgan fingerprint density at radius 1 is 1.41 bits per heavy atom. The highest BCUT2D eigenvalue weighted by molar-refractivity contribution is 7.89. The molecule has 0 aromatic heterocycles. The van der Waals surface area contributed by atoms with Crippen molar-refractivity contribution in [3.63, 3.8) is 0 Å². The third kappa shape index (κ3) is 2.19. The topological polar surface area (TPSA) is 61.2 Å². The fraction of sp³-hybridized carbons (Fsp3) is 0.417. The van der Waals surface area contributed by atoms with Crippen LogP contribution in [0.4, 0.5) is 0 Å². The second kappa shape index (κ2) is 4.13. The molecule has 0 amide bonds.